The van der Waals surface area contributed by atoms with E-state index in [1.807, 2.05) is 0 Å². The second-order valence-electron chi connectivity index (χ2n) is 7.57. The average Bonchev–Trinajstić information content (AvgIpc) is 3.09. The molecule has 0 aliphatic carbocycles. The number of alkyl halides is 3. The molecule has 1 aliphatic rings. The highest BCUT2D eigenvalue weighted by molar-refractivity contribution is 6.51. The summed E-state index contributed by atoms with van der Waals surface area (Å²) in [6.45, 7) is 0. The van der Waals surface area contributed by atoms with Crippen molar-refractivity contribution in [3.63, 3.8) is 0 Å². The normalized spacial score (nSPS) is 17.6. The minimum atomic E-state index is -4.70. The van der Waals surface area contributed by atoms with Gasteiger partial charge in [0.05, 0.1) is 22.1 Å². The van der Waals surface area contributed by atoms with Crippen LogP contribution in [0.15, 0.2) is 78.4 Å². The Labute approximate surface area is 200 Å². The van der Waals surface area contributed by atoms with Gasteiger partial charge in [-0.3, -0.25) is 24.6 Å². The van der Waals surface area contributed by atoms with Crippen LogP contribution in [-0.2, 0) is 15.8 Å². The number of hydrogen-bond acceptors (Lipinski definition) is 5. The Bertz CT molecular complexity index is 1370. The summed E-state index contributed by atoms with van der Waals surface area (Å²) in [6.07, 6.45) is -4.70. The molecule has 1 aliphatic heterocycles. The lowest BCUT2D eigenvalue weighted by molar-refractivity contribution is -0.384. The van der Waals surface area contributed by atoms with Crippen molar-refractivity contribution in [2.75, 3.05) is 4.90 Å². The molecule has 1 atom stereocenters. The lowest BCUT2D eigenvalue weighted by Gasteiger charge is -2.26. The summed E-state index contributed by atoms with van der Waals surface area (Å²) in [5.74, 6) is -2.90. The van der Waals surface area contributed by atoms with Gasteiger partial charge >= 0.3 is 6.18 Å². The van der Waals surface area contributed by atoms with Crippen LogP contribution >= 0.6 is 11.6 Å². The van der Waals surface area contributed by atoms with E-state index in [1.165, 1.54) is 42.5 Å². The fourth-order valence-electron chi connectivity index (χ4n) is 3.79. The van der Waals surface area contributed by atoms with Gasteiger partial charge in [-0.2, -0.15) is 13.2 Å². The largest absolute Gasteiger partial charge is 0.507 e. The van der Waals surface area contributed by atoms with E-state index in [4.69, 9.17) is 11.6 Å². The maximum atomic E-state index is 13.3. The third kappa shape index (κ3) is 4.47. The summed E-state index contributed by atoms with van der Waals surface area (Å²) in [4.78, 5) is 37.2. The molecule has 3 aromatic rings. The zero-order valence-electron chi connectivity index (χ0n) is 17.5. The summed E-state index contributed by atoms with van der Waals surface area (Å²) in [6, 6.07) is 13.1. The minimum Gasteiger partial charge on any atom is -0.507 e. The third-order valence-corrected chi connectivity index (χ3v) is 5.69. The van der Waals surface area contributed by atoms with Crippen LogP contribution in [-0.4, -0.2) is 21.7 Å². The molecule has 0 aromatic heterocycles. The number of benzene rings is 3. The molecule has 178 valence electrons. The summed E-state index contributed by atoms with van der Waals surface area (Å²) < 4.78 is 40.0. The van der Waals surface area contributed by atoms with Crippen molar-refractivity contribution >= 4 is 40.4 Å². The summed E-state index contributed by atoms with van der Waals surface area (Å²) in [5, 5.41) is 22.2. The molecular formula is C24H14ClF3N2O5. The molecule has 1 amide bonds. The zero-order valence-corrected chi connectivity index (χ0v) is 18.2. The topological polar surface area (TPSA) is 101 Å². The first-order chi connectivity index (χ1) is 16.5. The number of carbonyl (C=O) groups excluding carboxylic acids is 2. The first kappa shape index (κ1) is 24.0. The van der Waals surface area contributed by atoms with E-state index in [0.29, 0.717) is 10.6 Å². The Morgan fingerprint density at radius 3 is 2.20 bits per heavy atom. The van der Waals surface area contributed by atoms with Crippen LogP contribution < -0.4 is 4.90 Å². The maximum absolute atomic E-state index is 13.3. The van der Waals surface area contributed by atoms with Crippen molar-refractivity contribution in [2.24, 2.45) is 0 Å². The molecular weight excluding hydrogens is 489 g/mol. The number of halogens is 4. The number of aliphatic hydroxyl groups is 1. The Morgan fingerprint density at radius 1 is 1.00 bits per heavy atom. The van der Waals surface area contributed by atoms with Gasteiger partial charge in [0, 0.05) is 28.4 Å². The summed E-state index contributed by atoms with van der Waals surface area (Å²) in [7, 11) is 0. The molecule has 1 saturated heterocycles. The fraction of sp³-hybridized carbons (Fsp3) is 0.0833. The number of nitro groups is 1. The second-order valence-corrected chi connectivity index (χ2v) is 8.01. The Kier molecular flexibility index (Phi) is 6.08. The molecule has 3 aromatic carbocycles. The first-order valence-electron chi connectivity index (χ1n) is 9.97. The number of rotatable bonds is 4. The highest BCUT2D eigenvalue weighted by atomic mass is 35.5. The zero-order chi connectivity index (χ0) is 25.5. The van der Waals surface area contributed by atoms with E-state index in [-0.39, 0.29) is 22.5 Å². The fourth-order valence-corrected chi connectivity index (χ4v) is 3.91. The van der Waals surface area contributed by atoms with Crippen molar-refractivity contribution < 1.29 is 32.8 Å². The summed E-state index contributed by atoms with van der Waals surface area (Å²) in [5.41, 5.74) is -1.57. The number of hydrogen-bond donors (Lipinski definition) is 1. The molecule has 4 rings (SSSR count). The standard InChI is InChI=1S/C24H14ClF3N2O5/c25-16-8-4-13(5-9-16)20-19(21(31)14-6-10-17(11-7-14)30(34)35)22(32)23(33)29(20)18-3-1-2-15(12-18)24(26,27)28/h1-12,20,31H/b21-19+/t20-/m1/s1. The molecule has 35 heavy (non-hydrogen) atoms. The van der Waals surface area contributed by atoms with Gasteiger partial charge in [-0.25, -0.2) is 0 Å². The number of carbonyl (C=O) groups is 2. The van der Waals surface area contributed by atoms with Gasteiger partial charge in [-0.1, -0.05) is 29.8 Å². The van der Waals surface area contributed by atoms with Gasteiger partial charge in [-0.15, -0.1) is 0 Å². The second kappa shape index (κ2) is 8.88. The van der Waals surface area contributed by atoms with Gasteiger partial charge in [0.2, 0.25) is 0 Å². The molecule has 7 nitrogen and oxygen atoms in total. The van der Waals surface area contributed by atoms with Crippen LogP contribution in [0.1, 0.15) is 22.7 Å². The van der Waals surface area contributed by atoms with Crippen LogP contribution in [0.25, 0.3) is 5.76 Å². The maximum Gasteiger partial charge on any atom is 0.416 e. The Morgan fingerprint density at radius 2 is 1.63 bits per heavy atom. The molecule has 0 radical (unpaired) electrons. The number of nitro benzene ring substituents is 1. The molecule has 1 N–H and O–H groups in total. The molecule has 0 spiro atoms. The van der Waals surface area contributed by atoms with Crippen LogP contribution in [0, 0.1) is 10.1 Å². The van der Waals surface area contributed by atoms with Gasteiger partial charge in [0.15, 0.2) is 0 Å². The van der Waals surface area contributed by atoms with E-state index in [0.717, 1.165) is 35.2 Å². The van der Waals surface area contributed by atoms with Crippen molar-refractivity contribution in [3.05, 3.63) is 110 Å². The molecule has 1 fully saturated rings. The van der Waals surface area contributed by atoms with Crippen LogP contribution in [0.2, 0.25) is 5.02 Å². The van der Waals surface area contributed by atoms with Crippen molar-refractivity contribution in [1.82, 2.24) is 0 Å². The van der Waals surface area contributed by atoms with E-state index in [2.05, 4.69) is 0 Å². The monoisotopic (exact) mass is 502 g/mol. The number of ketones is 1. The molecule has 0 saturated carbocycles. The van der Waals surface area contributed by atoms with E-state index < -0.39 is 40.2 Å². The first-order valence-corrected chi connectivity index (χ1v) is 10.4. The minimum absolute atomic E-state index is 0.0107. The number of non-ortho nitro benzene ring substituents is 1. The van der Waals surface area contributed by atoms with E-state index in [9.17, 15) is 38.0 Å². The lowest BCUT2D eigenvalue weighted by Crippen LogP contribution is -2.29. The Balaban J connectivity index is 1.92. The highest BCUT2D eigenvalue weighted by Gasteiger charge is 2.47. The van der Waals surface area contributed by atoms with Crippen LogP contribution in [0.3, 0.4) is 0 Å². The SMILES string of the molecule is O=C1C(=O)N(c2cccc(C(F)(F)F)c2)[C@H](c2ccc(Cl)cc2)/C1=C(\O)c1ccc([N+](=O)[O-])cc1. The number of Topliss-reactive ketones (excluding diaryl/α,β-unsaturated/α-hetero) is 1. The van der Waals surface area contributed by atoms with E-state index >= 15 is 0 Å². The van der Waals surface area contributed by atoms with Crippen molar-refractivity contribution in [1.29, 1.82) is 0 Å². The van der Waals surface area contributed by atoms with Crippen LogP contribution in [0.4, 0.5) is 24.5 Å². The smallest absolute Gasteiger partial charge is 0.416 e. The number of nitrogens with zero attached hydrogens (tertiary/aromatic N) is 2. The quantitative estimate of drug-likeness (QED) is 0.157. The van der Waals surface area contributed by atoms with Gasteiger partial charge in [-0.05, 0) is 48.0 Å². The van der Waals surface area contributed by atoms with Crippen molar-refractivity contribution in [2.45, 2.75) is 12.2 Å². The van der Waals surface area contributed by atoms with E-state index in [1.54, 1.807) is 0 Å². The number of amides is 1. The lowest BCUT2D eigenvalue weighted by atomic mass is 9.95. The van der Waals surface area contributed by atoms with Gasteiger partial charge < -0.3 is 5.11 Å². The predicted molar refractivity (Wildman–Crippen MR) is 121 cm³/mol. The Hall–Kier alpha value is -4.18. The molecule has 0 bridgehead atoms. The molecule has 1 heterocycles. The molecule has 0 unspecified atom stereocenters. The predicted octanol–water partition coefficient (Wildman–Crippen LogP) is 5.89. The molecule has 11 heteroatoms. The average molecular weight is 503 g/mol. The van der Waals surface area contributed by atoms with Gasteiger partial charge in [0.25, 0.3) is 17.4 Å². The number of anilines is 1. The van der Waals surface area contributed by atoms with Gasteiger partial charge in [0.1, 0.15) is 5.76 Å². The van der Waals surface area contributed by atoms with Crippen LogP contribution in [0.5, 0.6) is 0 Å². The number of aliphatic hydroxyl groups excluding tert-OH is 1. The highest BCUT2D eigenvalue weighted by Crippen LogP contribution is 2.43. The third-order valence-electron chi connectivity index (χ3n) is 5.43. The summed E-state index contributed by atoms with van der Waals surface area (Å²) >= 11 is 5.95. The van der Waals surface area contributed by atoms with Crippen molar-refractivity contribution in [3.8, 4) is 0 Å².